The molecule has 1 atom stereocenters. The van der Waals surface area contributed by atoms with E-state index in [0.29, 0.717) is 6.54 Å². The lowest BCUT2D eigenvalue weighted by molar-refractivity contribution is -0.152. The highest BCUT2D eigenvalue weighted by atomic mass is 16.2. The minimum absolute atomic E-state index is 0.0616. The van der Waals surface area contributed by atoms with E-state index >= 15 is 0 Å². The van der Waals surface area contributed by atoms with Gasteiger partial charge in [-0.15, -0.1) is 0 Å². The molecule has 1 saturated heterocycles. The van der Waals surface area contributed by atoms with Gasteiger partial charge in [0.2, 0.25) is 5.91 Å². The van der Waals surface area contributed by atoms with Gasteiger partial charge in [0.1, 0.15) is 5.54 Å². The van der Waals surface area contributed by atoms with E-state index in [1.807, 2.05) is 50.3 Å². The Morgan fingerprint density at radius 3 is 2.55 bits per heavy atom. The first kappa shape index (κ1) is 14.3. The lowest BCUT2D eigenvalue weighted by atomic mass is 9.87. The first-order chi connectivity index (χ1) is 9.46. The van der Waals surface area contributed by atoms with Gasteiger partial charge in [-0.25, -0.2) is 0 Å². The van der Waals surface area contributed by atoms with Crippen LogP contribution in [0.2, 0.25) is 0 Å². The maximum atomic E-state index is 12.4. The second-order valence-electron chi connectivity index (χ2n) is 5.41. The van der Waals surface area contributed by atoms with E-state index in [4.69, 9.17) is 0 Å². The van der Waals surface area contributed by atoms with Crippen molar-refractivity contribution in [2.24, 2.45) is 0 Å². The van der Waals surface area contributed by atoms with Crippen LogP contribution in [0.5, 0.6) is 0 Å². The van der Waals surface area contributed by atoms with Crippen LogP contribution in [-0.4, -0.2) is 29.8 Å². The third kappa shape index (κ3) is 2.46. The summed E-state index contributed by atoms with van der Waals surface area (Å²) in [6.07, 6.45) is 1.97. The van der Waals surface area contributed by atoms with Crippen molar-refractivity contribution >= 4 is 11.8 Å². The number of benzene rings is 1. The van der Waals surface area contributed by atoms with Crippen molar-refractivity contribution in [3.8, 4) is 0 Å². The Labute approximate surface area is 119 Å². The number of nitrogens with one attached hydrogen (secondary N) is 1. The van der Waals surface area contributed by atoms with Crippen LogP contribution in [0.15, 0.2) is 42.0 Å². The van der Waals surface area contributed by atoms with Gasteiger partial charge in [0.15, 0.2) is 0 Å². The minimum Gasteiger partial charge on any atom is -0.345 e. The molecule has 2 rings (SSSR count). The summed E-state index contributed by atoms with van der Waals surface area (Å²) in [6.45, 7) is 6.27. The number of amides is 2. The molecule has 4 heteroatoms. The van der Waals surface area contributed by atoms with Crippen molar-refractivity contribution in [3.63, 3.8) is 0 Å². The fraction of sp³-hybridized carbons (Fsp3) is 0.375. The third-order valence-corrected chi connectivity index (χ3v) is 3.70. The fourth-order valence-corrected chi connectivity index (χ4v) is 2.40. The summed E-state index contributed by atoms with van der Waals surface area (Å²) in [5.41, 5.74) is 0.995. The molecule has 1 aliphatic heterocycles. The molecule has 106 valence electrons. The highest BCUT2D eigenvalue weighted by molar-refractivity contribution is 5.98. The Bertz CT molecular complexity index is 547. The van der Waals surface area contributed by atoms with Gasteiger partial charge in [0.25, 0.3) is 5.91 Å². The zero-order valence-electron chi connectivity index (χ0n) is 12.1. The van der Waals surface area contributed by atoms with Crippen LogP contribution < -0.4 is 5.32 Å². The smallest absolute Gasteiger partial charge is 0.250 e. The lowest BCUT2D eigenvalue weighted by Gasteiger charge is -2.43. The number of piperazine rings is 1. The molecule has 1 heterocycles. The van der Waals surface area contributed by atoms with Crippen molar-refractivity contribution in [2.45, 2.75) is 26.3 Å². The fourth-order valence-electron chi connectivity index (χ4n) is 2.40. The number of hydrogen-bond acceptors (Lipinski definition) is 2. The maximum Gasteiger partial charge on any atom is 0.250 e. The number of allylic oxidation sites excluding steroid dienone is 1. The van der Waals surface area contributed by atoms with Crippen LogP contribution >= 0.6 is 0 Å². The van der Waals surface area contributed by atoms with Gasteiger partial charge in [-0.1, -0.05) is 42.0 Å². The first-order valence-electron chi connectivity index (χ1n) is 6.74. The molecular formula is C16H20N2O2. The van der Waals surface area contributed by atoms with Crippen molar-refractivity contribution in [1.29, 1.82) is 0 Å². The minimum atomic E-state index is -0.956. The van der Waals surface area contributed by atoms with Gasteiger partial charge in [-0.3, -0.25) is 9.59 Å². The second kappa shape index (κ2) is 5.49. The van der Waals surface area contributed by atoms with E-state index in [9.17, 15) is 9.59 Å². The molecule has 0 aromatic heterocycles. The van der Waals surface area contributed by atoms with Crippen molar-refractivity contribution < 1.29 is 9.59 Å². The molecule has 1 aromatic carbocycles. The quantitative estimate of drug-likeness (QED) is 0.853. The van der Waals surface area contributed by atoms with E-state index in [-0.39, 0.29) is 18.4 Å². The molecule has 2 amide bonds. The molecule has 0 spiro atoms. The number of rotatable bonds is 3. The molecule has 1 unspecified atom stereocenters. The van der Waals surface area contributed by atoms with Crippen LogP contribution in [0.4, 0.5) is 0 Å². The third-order valence-electron chi connectivity index (χ3n) is 3.70. The first-order valence-corrected chi connectivity index (χ1v) is 6.74. The highest BCUT2D eigenvalue weighted by Crippen LogP contribution is 2.30. The summed E-state index contributed by atoms with van der Waals surface area (Å²) >= 11 is 0. The van der Waals surface area contributed by atoms with E-state index < -0.39 is 5.54 Å². The Kier molecular flexibility index (Phi) is 3.93. The topological polar surface area (TPSA) is 49.4 Å². The summed E-state index contributed by atoms with van der Waals surface area (Å²) in [6, 6.07) is 9.43. The summed E-state index contributed by atoms with van der Waals surface area (Å²) in [5.74, 6) is -0.195. The van der Waals surface area contributed by atoms with Gasteiger partial charge >= 0.3 is 0 Å². The summed E-state index contributed by atoms with van der Waals surface area (Å²) < 4.78 is 0. The highest BCUT2D eigenvalue weighted by Gasteiger charge is 2.46. The van der Waals surface area contributed by atoms with Gasteiger partial charge in [0, 0.05) is 6.54 Å². The predicted molar refractivity (Wildman–Crippen MR) is 77.9 cm³/mol. The number of carbonyl (C=O) groups excluding carboxylic acids is 2. The van der Waals surface area contributed by atoms with Crippen LogP contribution in [0.3, 0.4) is 0 Å². The van der Waals surface area contributed by atoms with Gasteiger partial charge in [0.05, 0.1) is 6.54 Å². The summed E-state index contributed by atoms with van der Waals surface area (Å²) in [7, 11) is 0. The van der Waals surface area contributed by atoms with Crippen LogP contribution in [0.1, 0.15) is 26.3 Å². The van der Waals surface area contributed by atoms with Gasteiger partial charge in [-0.2, -0.15) is 0 Å². The van der Waals surface area contributed by atoms with E-state index in [1.54, 1.807) is 11.8 Å². The molecule has 0 radical (unpaired) electrons. The molecule has 1 N–H and O–H groups in total. The Morgan fingerprint density at radius 1 is 1.30 bits per heavy atom. The van der Waals surface area contributed by atoms with E-state index in [2.05, 4.69) is 5.32 Å². The normalized spacial score (nSPS) is 22.4. The average molecular weight is 272 g/mol. The standard InChI is InChI=1S/C16H20N2O2/c1-12(2)9-10-18-14(19)11-17-15(20)16(18,3)13-7-5-4-6-8-13/h4-9H,10-11H2,1-3H3,(H,17,20). The zero-order chi connectivity index (χ0) is 14.8. The van der Waals surface area contributed by atoms with Gasteiger partial charge in [-0.05, 0) is 26.3 Å². The Morgan fingerprint density at radius 2 is 1.95 bits per heavy atom. The summed E-state index contributed by atoms with van der Waals surface area (Å²) in [4.78, 5) is 26.3. The van der Waals surface area contributed by atoms with Crippen molar-refractivity contribution in [2.75, 3.05) is 13.1 Å². The van der Waals surface area contributed by atoms with Crippen LogP contribution in [0, 0.1) is 0 Å². The largest absolute Gasteiger partial charge is 0.345 e. The van der Waals surface area contributed by atoms with E-state index in [0.717, 1.165) is 11.1 Å². The lowest BCUT2D eigenvalue weighted by Crippen LogP contribution is -2.63. The zero-order valence-corrected chi connectivity index (χ0v) is 12.1. The number of nitrogens with zero attached hydrogens (tertiary/aromatic N) is 1. The Hall–Kier alpha value is -2.10. The second-order valence-corrected chi connectivity index (χ2v) is 5.41. The van der Waals surface area contributed by atoms with Crippen molar-refractivity contribution in [1.82, 2.24) is 10.2 Å². The molecule has 1 aromatic rings. The maximum absolute atomic E-state index is 12.4. The molecule has 0 bridgehead atoms. The molecule has 0 saturated carbocycles. The monoisotopic (exact) mass is 272 g/mol. The predicted octanol–water partition coefficient (Wildman–Crippen LogP) is 1.83. The van der Waals surface area contributed by atoms with Crippen LogP contribution in [0.25, 0.3) is 0 Å². The van der Waals surface area contributed by atoms with E-state index in [1.165, 1.54) is 0 Å². The number of carbonyl (C=O) groups is 2. The Balaban J connectivity index is 2.45. The molecule has 4 nitrogen and oxygen atoms in total. The van der Waals surface area contributed by atoms with Gasteiger partial charge < -0.3 is 10.2 Å². The molecule has 20 heavy (non-hydrogen) atoms. The molecule has 0 aliphatic carbocycles. The van der Waals surface area contributed by atoms with Crippen molar-refractivity contribution in [3.05, 3.63) is 47.5 Å². The average Bonchev–Trinajstić information content (AvgIpc) is 2.44. The number of hydrogen-bond donors (Lipinski definition) is 1. The SMILES string of the molecule is CC(C)=CCN1C(=O)CNC(=O)C1(C)c1ccccc1. The molecular weight excluding hydrogens is 252 g/mol. The van der Waals surface area contributed by atoms with Crippen LogP contribution in [-0.2, 0) is 15.1 Å². The summed E-state index contributed by atoms with van der Waals surface area (Å²) in [5, 5.41) is 2.69. The molecule has 1 fully saturated rings. The molecule has 1 aliphatic rings.